The van der Waals surface area contributed by atoms with Gasteiger partial charge in [0.25, 0.3) is 0 Å². The van der Waals surface area contributed by atoms with E-state index in [1.54, 1.807) is 0 Å². The Balaban J connectivity index is 1.59. The lowest BCUT2D eigenvalue weighted by Crippen LogP contribution is -2.24. The van der Waals surface area contributed by atoms with Crippen molar-refractivity contribution < 1.29 is 0 Å². The van der Waals surface area contributed by atoms with Crippen molar-refractivity contribution >= 4 is 34.1 Å². The molecule has 1 heterocycles. The molecule has 142 valence electrons. The van der Waals surface area contributed by atoms with Gasteiger partial charge in [-0.05, 0) is 54.6 Å². The van der Waals surface area contributed by atoms with Crippen molar-refractivity contribution in [2.24, 2.45) is 0 Å². The number of hydrogen-bond donors (Lipinski definition) is 0. The van der Waals surface area contributed by atoms with Crippen molar-refractivity contribution in [1.29, 1.82) is 0 Å². The summed E-state index contributed by atoms with van der Waals surface area (Å²) >= 11 is 0. The fraction of sp³-hybridized carbons (Fsp3) is 0.0769. The van der Waals surface area contributed by atoms with Crippen LogP contribution in [0.1, 0.15) is 0 Å². The number of fused-ring (bicyclic) bond motifs is 1. The molecule has 0 saturated carbocycles. The van der Waals surface area contributed by atoms with Crippen LogP contribution in [0.25, 0.3) is 0 Å². The van der Waals surface area contributed by atoms with Crippen molar-refractivity contribution in [2.45, 2.75) is 0 Å². The second-order valence-electron chi connectivity index (χ2n) is 7.28. The zero-order valence-corrected chi connectivity index (χ0v) is 16.4. The summed E-state index contributed by atoms with van der Waals surface area (Å²) in [5, 5.41) is 0. The average molecular weight is 377 g/mol. The lowest BCUT2D eigenvalue weighted by molar-refractivity contribution is 0.949. The van der Waals surface area contributed by atoms with Gasteiger partial charge in [0.1, 0.15) is 0 Å². The standard InChI is InChI=1S/C26H23N3/c1-27-20-28(26-18-9-8-17-25(26)27)23-15-10-16-24(19-23)29(21-11-4-2-5-12-21)22-13-6-3-7-14-22/h2-19H,20H2,1H3. The first-order valence-corrected chi connectivity index (χ1v) is 9.89. The van der Waals surface area contributed by atoms with E-state index in [9.17, 15) is 0 Å². The number of anilines is 6. The number of rotatable bonds is 4. The predicted molar refractivity (Wildman–Crippen MR) is 123 cm³/mol. The Morgan fingerprint density at radius 1 is 0.586 bits per heavy atom. The molecule has 0 fully saturated rings. The highest BCUT2D eigenvalue weighted by Gasteiger charge is 2.24. The molecule has 0 unspecified atom stereocenters. The first-order chi connectivity index (χ1) is 14.3. The van der Waals surface area contributed by atoms with Crippen LogP contribution >= 0.6 is 0 Å². The molecule has 0 spiro atoms. The Hall–Kier alpha value is -3.72. The molecule has 0 N–H and O–H groups in total. The second kappa shape index (κ2) is 7.36. The minimum absolute atomic E-state index is 0.847. The Bertz CT molecular complexity index is 1070. The second-order valence-corrected chi connectivity index (χ2v) is 7.28. The molecule has 0 radical (unpaired) electrons. The molecule has 0 atom stereocenters. The fourth-order valence-corrected chi connectivity index (χ4v) is 4.00. The van der Waals surface area contributed by atoms with E-state index in [4.69, 9.17) is 0 Å². The molecule has 0 aliphatic carbocycles. The third-order valence-corrected chi connectivity index (χ3v) is 5.37. The van der Waals surface area contributed by atoms with E-state index in [2.05, 4.69) is 131 Å². The number of hydrogen-bond acceptors (Lipinski definition) is 3. The maximum absolute atomic E-state index is 2.37. The van der Waals surface area contributed by atoms with E-state index in [1.807, 2.05) is 0 Å². The molecule has 0 saturated heterocycles. The van der Waals surface area contributed by atoms with Crippen LogP contribution in [0.2, 0.25) is 0 Å². The predicted octanol–water partition coefficient (Wildman–Crippen LogP) is 6.70. The van der Waals surface area contributed by atoms with Gasteiger partial charge in [0.2, 0.25) is 0 Å². The summed E-state index contributed by atoms with van der Waals surface area (Å²) in [4.78, 5) is 6.95. The van der Waals surface area contributed by atoms with E-state index in [-0.39, 0.29) is 0 Å². The molecular formula is C26H23N3. The van der Waals surface area contributed by atoms with Crippen molar-refractivity contribution in [2.75, 3.05) is 28.4 Å². The Morgan fingerprint density at radius 3 is 1.79 bits per heavy atom. The lowest BCUT2D eigenvalue weighted by atomic mass is 10.1. The maximum atomic E-state index is 2.37. The van der Waals surface area contributed by atoms with Crippen molar-refractivity contribution in [3.63, 3.8) is 0 Å². The lowest BCUT2D eigenvalue weighted by Gasteiger charge is -2.27. The van der Waals surface area contributed by atoms with Crippen LogP contribution in [0.4, 0.5) is 34.1 Å². The third kappa shape index (κ3) is 3.21. The average Bonchev–Trinajstić information content (AvgIpc) is 3.13. The summed E-state index contributed by atoms with van der Waals surface area (Å²) in [7, 11) is 2.14. The smallest absolute Gasteiger partial charge is 0.0950 e. The Labute approximate surface area is 172 Å². The van der Waals surface area contributed by atoms with Gasteiger partial charge >= 0.3 is 0 Å². The van der Waals surface area contributed by atoms with Gasteiger partial charge < -0.3 is 14.7 Å². The molecule has 1 aliphatic heterocycles. The summed E-state index contributed by atoms with van der Waals surface area (Å²) in [6.45, 7) is 0.847. The summed E-state index contributed by atoms with van der Waals surface area (Å²) in [6.07, 6.45) is 0. The number of nitrogens with zero attached hydrogens (tertiary/aromatic N) is 3. The van der Waals surface area contributed by atoms with Crippen LogP contribution < -0.4 is 14.7 Å². The van der Waals surface area contributed by atoms with Gasteiger partial charge in [0.05, 0.1) is 18.0 Å². The summed E-state index contributed by atoms with van der Waals surface area (Å²) < 4.78 is 0. The van der Waals surface area contributed by atoms with Gasteiger partial charge in [-0.1, -0.05) is 54.6 Å². The van der Waals surface area contributed by atoms with Crippen LogP contribution in [-0.4, -0.2) is 13.7 Å². The molecule has 5 rings (SSSR count). The van der Waals surface area contributed by atoms with Crippen LogP contribution in [0, 0.1) is 0 Å². The highest BCUT2D eigenvalue weighted by Crippen LogP contribution is 2.42. The molecular weight excluding hydrogens is 354 g/mol. The SMILES string of the molecule is CN1CN(c2cccc(N(c3ccccc3)c3ccccc3)c2)c2ccccc21. The first kappa shape index (κ1) is 17.4. The highest BCUT2D eigenvalue weighted by atomic mass is 15.4. The largest absolute Gasteiger partial charge is 0.355 e. The van der Waals surface area contributed by atoms with Crippen molar-refractivity contribution in [1.82, 2.24) is 0 Å². The minimum atomic E-state index is 0.847. The van der Waals surface area contributed by atoms with Gasteiger partial charge in [-0.3, -0.25) is 0 Å². The highest BCUT2D eigenvalue weighted by molar-refractivity contribution is 5.84. The zero-order valence-electron chi connectivity index (χ0n) is 16.4. The molecule has 29 heavy (non-hydrogen) atoms. The van der Waals surface area contributed by atoms with Crippen LogP contribution in [0.15, 0.2) is 109 Å². The minimum Gasteiger partial charge on any atom is -0.355 e. The topological polar surface area (TPSA) is 9.72 Å². The van der Waals surface area contributed by atoms with Crippen molar-refractivity contribution in [3.8, 4) is 0 Å². The molecule has 1 aliphatic rings. The van der Waals surface area contributed by atoms with Gasteiger partial charge in [-0.2, -0.15) is 0 Å². The van der Waals surface area contributed by atoms with E-state index in [1.165, 1.54) is 17.1 Å². The fourth-order valence-electron chi connectivity index (χ4n) is 4.00. The van der Waals surface area contributed by atoms with E-state index in [0.29, 0.717) is 0 Å². The molecule has 4 aromatic rings. The zero-order chi connectivity index (χ0) is 19.6. The van der Waals surface area contributed by atoms with E-state index in [0.717, 1.165) is 23.7 Å². The normalized spacial score (nSPS) is 12.7. The van der Waals surface area contributed by atoms with Gasteiger partial charge in [0.15, 0.2) is 0 Å². The van der Waals surface area contributed by atoms with Crippen LogP contribution in [0.3, 0.4) is 0 Å². The van der Waals surface area contributed by atoms with E-state index < -0.39 is 0 Å². The number of benzene rings is 4. The molecule has 3 heteroatoms. The van der Waals surface area contributed by atoms with E-state index >= 15 is 0 Å². The number of para-hydroxylation sites is 4. The molecule has 4 aromatic carbocycles. The van der Waals surface area contributed by atoms with Crippen LogP contribution in [0.5, 0.6) is 0 Å². The van der Waals surface area contributed by atoms with Gasteiger partial charge in [-0.15, -0.1) is 0 Å². The molecule has 3 nitrogen and oxygen atoms in total. The molecule has 0 bridgehead atoms. The first-order valence-electron chi connectivity index (χ1n) is 9.89. The van der Waals surface area contributed by atoms with Gasteiger partial charge in [0, 0.05) is 29.8 Å². The monoisotopic (exact) mass is 377 g/mol. The third-order valence-electron chi connectivity index (χ3n) is 5.37. The van der Waals surface area contributed by atoms with Gasteiger partial charge in [-0.25, -0.2) is 0 Å². The summed E-state index contributed by atoms with van der Waals surface area (Å²) in [5.41, 5.74) is 7.15. The van der Waals surface area contributed by atoms with Crippen LogP contribution in [-0.2, 0) is 0 Å². The summed E-state index contributed by atoms with van der Waals surface area (Å²) in [5.74, 6) is 0. The Kier molecular flexibility index (Phi) is 4.41. The molecule has 0 amide bonds. The van der Waals surface area contributed by atoms with Crippen molar-refractivity contribution in [3.05, 3.63) is 109 Å². The maximum Gasteiger partial charge on any atom is 0.0950 e. The quantitative estimate of drug-likeness (QED) is 0.392. The molecule has 0 aromatic heterocycles. The summed E-state index contributed by atoms with van der Waals surface area (Å²) in [6, 6.07) is 38.4. The Morgan fingerprint density at radius 2 is 1.14 bits per heavy atom.